The molecule has 44 heavy (non-hydrogen) atoms. The highest BCUT2D eigenvalue weighted by atomic mass is 16.7. The summed E-state index contributed by atoms with van der Waals surface area (Å²) in [6, 6.07) is 23.3. The van der Waals surface area contributed by atoms with Crippen LogP contribution in [0.4, 0.5) is 0 Å². The summed E-state index contributed by atoms with van der Waals surface area (Å²) in [6.07, 6.45) is 0.496. The zero-order valence-electron chi connectivity index (χ0n) is 25.0. The van der Waals surface area contributed by atoms with Crippen molar-refractivity contribution in [2.45, 2.75) is 39.3 Å². The minimum absolute atomic E-state index is 0.0298. The first-order valence-electron chi connectivity index (χ1n) is 14.1. The first-order chi connectivity index (χ1) is 21.4. The van der Waals surface area contributed by atoms with Crippen molar-refractivity contribution < 1.29 is 38.1 Å². The molecule has 1 atom stereocenters. The van der Waals surface area contributed by atoms with Crippen LogP contribution < -0.4 is 18.9 Å². The number of carbonyl (C=O) groups excluding carboxylic acids is 2. The molecule has 4 aromatic rings. The maximum Gasteiger partial charge on any atom is 0.285 e. The quantitative estimate of drug-likeness (QED) is 0.163. The number of imide groups is 1. The second-order valence-electron chi connectivity index (χ2n) is 10.3. The molecule has 10 heteroatoms. The standard InChI is InChI=1S/C34H34N2O8/c1-22(2)41-21-32(44-36-33(37)27-7-5-6-8-28(27)34(36)38)29-17-30(42-19-23-9-13-25(39-3)14-10-23)31(18-35-29)43-20-24-11-15-26(40-4)16-12-24/h5-18,22,32H,19-21H2,1-4H3. The fraction of sp³-hybridized carbons (Fsp3) is 0.265. The number of amides is 2. The highest BCUT2D eigenvalue weighted by molar-refractivity contribution is 6.20. The zero-order valence-corrected chi connectivity index (χ0v) is 25.0. The summed E-state index contributed by atoms with van der Waals surface area (Å²) in [6.45, 7) is 4.29. The molecule has 0 fully saturated rings. The number of hydrogen-bond acceptors (Lipinski definition) is 9. The second-order valence-corrected chi connectivity index (χ2v) is 10.3. The van der Waals surface area contributed by atoms with E-state index in [1.54, 1.807) is 44.6 Å². The van der Waals surface area contributed by atoms with Gasteiger partial charge in [-0.2, -0.15) is 0 Å². The summed E-state index contributed by atoms with van der Waals surface area (Å²) in [5.74, 6) is 1.20. The molecule has 0 aliphatic carbocycles. The molecule has 5 rings (SSSR count). The van der Waals surface area contributed by atoms with Gasteiger partial charge in [-0.1, -0.05) is 36.4 Å². The van der Waals surface area contributed by atoms with E-state index in [4.69, 9.17) is 28.5 Å². The summed E-state index contributed by atoms with van der Waals surface area (Å²) in [5.41, 5.74) is 2.78. The van der Waals surface area contributed by atoms with Crippen LogP contribution in [-0.2, 0) is 22.8 Å². The van der Waals surface area contributed by atoms with E-state index in [1.165, 1.54) is 6.20 Å². The van der Waals surface area contributed by atoms with E-state index in [-0.39, 0.29) is 37.1 Å². The number of pyridine rings is 1. The van der Waals surface area contributed by atoms with Gasteiger partial charge in [-0.25, -0.2) is 0 Å². The van der Waals surface area contributed by atoms with Crippen molar-refractivity contribution in [3.05, 3.63) is 113 Å². The first-order valence-corrected chi connectivity index (χ1v) is 14.1. The second kappa shape index (κ2) is 14.0. The van der Waals surface area contributed by atoms with Gasteiger partial charge in [0.05, 0.1) is 49.9 Å². The number of hydroxylamine groups is 2. The Bertz CT molecular complexity index is 1550. The molecular weight excluding hydrogens is 564 g/mol. The summed E-state index contributed by atoms with van der Waals surface area (Å²) >= 11 is 0. The van der Waals surface area contributed by atoms with E-state index in [0.717, 1.165) is 27.7 Å². The lowest BCUT2D eigenvalue weighted by molar-refractivity contribution is -0.158. The summed E-state index contributed by atoms with van der Waals surface area (Å²) in [5, 5.41) is 0.771. The molecule has 0 spiro atoms. The maximum atomic E-state index is 13.1. The Morgan fingerprint density at radius 2 is 1.25 bits per heavy atom. The van der Waals surface area contributed by atoms with Crippen LogP contribution in [0.1, 0.15) is 57.5 Å². The van der Waals surface area contributed by atoms with Gasteiger partial charge in [0.15, 0.2) is 17.6 Å². The largest absolute Gasteiger partial charge is 0.497 e. The van der Waals surface area contributed by atoms with E-state index in [9.17, 15) is 9.59 Å². The van der Waals surface area contributed by atoms with Crippen molar-refractivity contribution in [3.63, 3.8) is 0 Å². The Morgan fingerprint density at radius 3 is 1.75 bits per heavy atom. The monoisotopic (exact) mass is 598 g/mol. The number of carbonyl (C=O) groups is 2. The lowest BCUT2D eigenvalue weighted by atomic mass is 10.1. The van der Waals surface area contributed by atoms with Crippen LogP contribution >= 0.6 is 0 Å². The molecule has 0 bridgehead atoms. The Labute approximate surface area is 256 Å². The van der Waals surface area contributed by atoms with Crippen molar-refractivity contribution in [1.82, 2.24) is 10.0 Å². The number of benzene rings is 3. The Kier molecular flexibility index (Phi) is 9.73. The predicted octanol–water partition coefficient (Wildman–Crippen LogP) is 5.95. The molecule has 1 unspecified atom stereocenters. The van der Waals surface area contributed by atoms with Crippen LogP contribution in [0.3, 0.4) is 0 Å². The van der Waals surface area contributed by atoms with Crippen LogP contribution in [0.5, 0.6) is 23.0 Å². The fourth-order valence-electron chi connectivity index (χ4n) is 4.44. The van der Waals surface area contributed by atoms with Gasteiger partial charge in [0.1, 0.15) is 24.7 Å². The average Bonchev–Trinajstić information content (AvgIpc) is 3.29. The minimum Gasteiger partial charge on any atom is -0.497 e. The number of rotatable bonds is 14. The highest BCUT2D eigenvalue weighted by Crippen LogP contribution is 2.34. The van der Waals surface area contributed by atoms with E-state index >= 15 is 0 Å². The Morgan fingerprint density at radius 1 is 0.727 bits per heavy atom. The van der Waals surface area contributed by atoms with E-state index in [1.807, 2.05) is 62.4 Å². The van der Waals surface area contributed by atoms with Gasteiger partial charge in [-0.3, -0.25) is 19.4 Å². The topological polar surface area (TPSA) is 106 Å². The third-order valence-electron chi connectivity index (χ3n) is 6.86. The molecule has 1 aliphatic heterocycles. The fourth-order valence-corrected chi connectivity index (χ4v) is 4.44. The van der Waals surface area contributed by atoms with Gasteiger partial charge in [0, 0.05) is 6.07 Å². The Balaban J connectivity index is 1.41. The highest BCUT2D eigenvalue weighted by Gasteiger charge is 2.39. The number of aromatic nitrogens is 1. The lowest BCUT2D eigenvalue weighted by Crippen LogP contribution is -2.33. The third kappa shape index (κ3) is 7.16. The van der Waals surface area contributed by atoms with Crippen LogP contribution in [0, 0.1) is 0 Å². The molecule has 1 aliphatic rings. The molecule has 10 nitrogen and oxygen atoms in total. The summed E-state index contributed by atoms with van der Waals surface area (Å²) in [7, 11) is 3.22. The van der Waals surface area contributed by atoms with Crippen LogP contribution in [0.2, 0.25) is 0 Å². The number of ether oxygens (including phenoxy) is 5. The smallest absolute Gasteiger partial charge is 0.285 e. The average molecular weight is 599 g/mol. The SMILES string of the molecule is COc1ccc(COc2cnc(C(COC(C)C)ON3C(=O)c4ccccc4C3=O)cc2OCc2ccc(OC)cc2)cc1. The number of nitrogens with zero attached hydrogens (tertiary/aromatic N) is 2. The Hall–Kier alpha value is -4.93. The van der Waals surface area contributed by atoms with Gasteiger partial charge in [0.2, 0.25) is 0 Å². The first kappa shape index (κ1) is 30.5. The van der Waals surface area contributed by atoms with Crippen molar-refractivity contribution >= 4 is 11.8 Å². The molecule has 1 aromatic heterocycles. The van der Waals surface area contributed by atoms with Gasteiger partial charge in [-0.15, -0.1) is 5.06 Å². The summed E-state index contributed by atoms with van der Waals surface area (Å²) < 4.78 is 28.7. The zero-order chi connectivity index (χ0) is 31.1. The lowest BCUT2D eigenvalue weighted by Gasteiger charge is -2.24. The van der Waals surface area contributed by atoms with Gasteiger partial charge < -0.3 is 23.7 Å². The van der Waals surface area contributed by atoms with E-state index < -0.39 is 17.9 Å². The molecular formula is C34H34N2O8. The van der Waals surface area contributed by atoms with Gasteiger partial charge >= 0.3 is 0 Å². The van der Waals surface area contributed by atoms with Crippen molar-refractivity contribution in [2.24, 2.45) is 0 Å². The number of fused-ring (bicyclic) bond motifs is 1. The van der Waals surface area contributed by atoms with Crippen LogP contribution in [0.15, 0.2) is 85.1 Å². The molecule has 228 valence electrons. The molecule has 2 heterocycles. The third-order valence-corrected chi connectivity index (χ3v) is 6.86. The van der Waals surface area contributed by atoms with Gasteiger partial charge in [0.25, 0.3) is 11.8 Å². The van der Waals surface area contributed by atoms with Crippen molar-refractivity contribution in [1.29, 1.82) is 0 Å². The number of hydrogen-bond donors (Lipinski definition) is 0. The molecule has 0 saturated carbocycles. The van der Waals surface area contributed by atoms with Crippen LogP contribution in [-0.4, -0.2) is 48.8 Å². The summed E-state index contributed by atoms with van der Waals surface area (Å²) in [4.78, 5) is 36.7. The normalized spacial score (nSPS) is 13.2. The molecule has 2 amide bonds. The van der Waals surface area contributed by atoms with Crippen LogP contribution in [0.25, 0.3) is 0 Å². The maximum absolute atomic E-state index is 13.1. The van der Waals surface area contributed by atoms with Crippen molar-refractivity contribution in [2.75, 3.05) is 20.8 Å². The molecule has 0 radical (unpaired) electrons. The molecule has 0 N–H and O–H groups in total. The van der Waals surface area contributed by atoms with E-state index in [2.05, 4.69) is 4.98 Å². The minimum atomic E-state index is -0.904. The van der Waals surface area contributed by atoms with E-state index in [0.29, 0.717) is 17.2 Å². The number of methoxy groups -OCH3 is 2. The molecule has 0 saturated heterocycles. The van der Waals surface area contributed by atoms with Crippen molar-refractivity contribution in [3.8, 4) is 23.0 Å². The molecule has 3 aromatic carbocycles. The predicted molar refractivity (Wildman–Crippen MR) is 161 cm³/mol. The van der Waals surface area contributed by atoms with Gasteiger partial charge in [-0.05, 0) is 61.4 Å².